The Balaban J connectivity index is 4.04. The average Bonchev–Trinajstić information content (AvgIpc) is 2.30. The summed E-state index contributed by atoms with van der Waals surface area (Å²) in [4.78, 5) is 11.5. The molecule has 0 saturated heterocycles. The van der Waals surface area contributed by atoms with Crippen LogP contribution in [-0.4, -0.2) is 45.3 Å². The van der Waals surface area contributed by atoms with Gasteiger partial charge in [-0.25, -0.2) is 4.79 Å². The second-order valence-corrected chi connectivity index (χ2v) is 3.39. The van der Waals surface area contributed by atoms with Crippen LogP contribution in [0, 0.1) is 0 Å². The average molecular weight is 248 g/mol. The molecule has 0 N–H and O–H groups in total. The van der Waals surface area contributed by atoms with Gasteiger partial charge in [0.05, 0.1) is 6.61 Å². The zero-order chi connectivity index (χ0) is 13.1. The highest BCUT2D eigenvalue weighted by Gasteiger charge is 2.21. The van der Waals surface area contributed by atoms with E-state index in [9.17, 15) is 4.79 Å². The first-order valence-electron chi connectivity index (χ1n) is 6.12. The number of methoxy groups -OCH3 is 1. The van der Waals surface area contributed by atoms with Gasteiger partial charge >= 0.3 is 5.97 Å². The fourth-order valence-electron chi connectivity index (χ4n) is 1.44. The molecule has 0 fully saturated rings. The van der Waals surface area contributed by atoms with Crippen molar-refractivity contribution >= 4 is 5.97 Å². The lowest BCUT2D eigenvalue weighted by Gasteiger charge is -2.19. The second-order valence-electron chi connectivity index (χ2n) is 3.39. The first-order chi connectivity index (χ1) is 8.19. The van der Waals surface area contributed by atoms with Crippen molar-refractivity contribution in [3.63, 3.8) is 0 Å². The fraction of sp³-hybridized carbons (Fsp3) is 0.917. The molecule has 102 valence electrons. The summed E-state index contributed by atoms with van der Waals surface area (Å²) in [6.07, 6.45) is 0.314. The Morgan fingerprint density at radius 2 is 1.59 bits per heavy atom. The lowest BCUT2D eigenvalue weighted by Crippen LogP contribution is -2.28. The number of rotatable bonds is 10. The summed E-state index contributed by atoms with van der Waals surface area (Å²) in [5.74, 6) is -0.332. The van der Waals surface area contributed by atoms with E-state index in [1.807, 2.05) is 13.8 Å². The van der Waals surface area contributed by atoms with E-state index in [-0.39, 0.29) is 12.3 Å². The maximum absolute atomic E-state index is 11.5. The van der Waals surface area contributed by atoms with Crippen LogP contribution in [0.15, 0.2) is 0 Å². The molecule has 1 unspecified atom stereocenters. The van der Waals surface area contributed by atoms with E-state index >= 15 is 0 Å². The molecule has 17 heavy (non-hydrogen) atoms. The Labute approximate surface area is 103 Å². The van der Waals surface area contributed by atoms with Gasteiger partial charge in [0.25, 0.3) is 0 Å². The van der Waals surface area contributed by atoms with Crippen molar-refractivity contribution in [2.75, 3.05) is 26.9 Å². The van der Waals surface area contributed by atoms with Crippen molar-refractivity contribution in [2.45, 2.75) is 46.0 Å². The molecular weight excluding hydrogens is 224 g/mol. The number of carbonyl (C=O) groups is 1. The zero-order valence-electron chi connectivity index (χ0n) is 11.2. The minimum Gasteiger partial charge on any atom is -0.464 e. The summed E-state index contributed by atoms with van der Waals surface area (Å²) < 4.78 is 20.8. The van der Waals surface area contributed by atoms with Crippen LogP contribution >= 0.6 is 0 Å². The first kappa shape index (κ1) is 16.4. The third-order valence-electron chi connectivity index (χ3n) is 2.20. The molecule has 0 amide bonds. The van der Waals surface area contributed by atoms with Crippen LogP contribution in [0.2, 0.25) is 0 Å². The third kappa shape index (κ3) is 7.31. The molecule has 0 aliphatic heterocycles. The molecule has 0 heterocycles. The molecule has 0 spiro atoms. The van der Waals surface area contributed by atoms with Crippen molar-refractivity contribution < 1.29 is 23.7 Å². The molecule has 0 aromatic rings. The van der Waals surface area contributed by atoms with Crippen LogP contribution in [0.1, 0.15) is 33.6 Å². The predicted molar refractivity (Wildman–Crippen MR) is 63.7 cm³/mol. The monoisotopic (exact) mass is 248 g/mol. The molecule has 5 nitrogen and oxygen atoms in total. The molecule has 0 aromatic heterocycles. The van der Waals surface area contributed by atoms with E-state index in [2.05, 4.69) is 0 Å². The van der Waals surface area contributed by atoms with Crippen LogP contribution in [0.25, 0.3) is 0 Å². The molecule has 0 aromatic carbocycles. The van der Waals surface area contributed by atoms with Gasteiger partial charge in [-0.05, 0) is 27.2 Å². The van der Waals surface area contributed by atoms with Gasteiger partial charge in [-0.2, -0.15) is 0 Å². The van der Waals surface area contributed by atoms with Crippen LogP contribution in [-0.2, 0) is 23.7 Å². The Hall–Kier alpha value is -0.650. The van der Waals surface area contributed by atoms with Gasteiger partial charge in [-0.1, -0.05) is 0 Å². The minimum atomic E-state index is -0.543. The van der Waals surface area contributed by atoms with Crippen molar-refractivity contribution in [3.05, 3.63) is 0 Å². The van der Waals surface area contributed by atoms with Crippen molar-refractivity contribution in [2.24, 2.45) is 0 Å². The molecule has 1 atom stereocenters. The summed E-state index contributed by atoms with van der Waals surface area (Å²) in [5.41, 5.74) is 0. The molecule has 0 saturated carbocycles. The topological polar surface area (TPSA) is 54.0 Å². The largest absolute Gasteiger partial charge is 0.464 e. The second kappa shape index (κ2) is 10.5. The van der Waals surface area contributed by atoms with E-state index in [1.54, 1.807) is 6.92 Å². The standard InChI is InChI=1S/C12H24O5/c1-5-15-11(16-6-2)9-8-10(14-4)12(13)17-7-3/h10-11H,5-9H2,1-4H3. The number of hydrogen-bond acceptors (Lipinski definition) is 5. The normalized spacial score (nSPS) is 12.8. The molecule has 0 aliphatic rings. The van der Waals surface area contributed by atoms with E-state index in [0.717, 1.165) is 0 Å². The minimum absolute atomic E-state index is 0.280. The quantitative estimate of drug-likeness (QED) is 0.435. The van der Waals surface area contributed by atoms with Crippen molar-refractivity contribution in [1.29, 1.82) is 0 Å². The smallest absolute Gasteiger partial charge is 0.335 e. The molecule has 0 aliphatic carbocycles. The highest BCUT2D eigenvalue weighted by Crippen LogP contribution is 2.10. The molecule has 0 bridgehead atoms. The third-order valence-corrected chi connectivity index (χ3v) is 2.20. The van der Waals surface area contributed by atoms with Crippen molar-refractivity contribution in [1.82, 2.24) is 0 Å². The predicted octanol–water partition coefficient (Wildman–Crippen LogP) is 1.74. The van der Waals surface area contributed by atoms with Crippen LogP contribution in [0.4, 0.5) is 0 Å². The Morgan fingerprint density at radius 3 is 2.00 bits per heavy atom. The maximum atomic E-state index is 11.5. The maximum Gasteiger partial charge on any atom is 0.335 e. The van der Waals surface area contributed by atoms with Crippen molar-refractivity contribution in [3.8, 4) is 0 Å². The highest BCUT2D eigenvalue weighted by molar-refractivity contribution is 5.74. The lowest BCUT2D eigenvalue weighted by molar-refractivity contribution is -0.161. The lowest BCUT2D eigenvalue weighted by atomic mass is 10.2. The number of carbonyl (C=O) groups excluding carboxylic acids is 1. The Bertz CT molecular complexity index is 189. The van der Waals surface area contributed by atoms with E-state index in [1.165, 1.54) is 7.11 Å². The number of hydrogen-bond donors (Lipinski definition) is 0. The number of ether oxygens (including phenoxy) is 4. The van der Waals surface area contributed by atoms with Gasteiger partial charge in [0.1, 0.15) is 0 Å². The Kier molecular flexibility index (Phi) is 10.1. The molecule has 0 radical (unpaired) electrons. The highest BCUT2D eigenvalue weighted by atomic mass is 16.7. The zero-order valence-corrected chi connectivity index (χ0v) is 11.2. The van der Waals surface area contributed by atoms with Gasteiger partial charge in [-0.3, -0.25) is 0 Å². The summed E-state index contributed by atoms with van der Waals surface area (Å²) in [6.45, 7) is 7.12. The van der Waals surface area contributed by atoms with E-state index in [0.29, 0.717) is 32.7 Å². The van der Waals surface area contributed by atoms with Gasteiger partial charge in [0.15, 0.2) is 12.4 Å². The van der Waals surface area contributed by atoms with Gasteiger partial charge in [-0.15, -0.1) is 0 Å². The Morgan fingerprint density at radius 1 is 1.00 bits per heavy atom. The van der Waals surface area contributed by atoms with Gasteiger partial charge in [0, 0.05) is 26.7 Å². The van der Waals surface area contributed by atoms with E-state index < -0.39 is 6.10 Å². The SMILES string of the molecule is CCOC(=O)C(CCC(OCC)OCC)OC. The molecular formula is C12H24O5. The number of esters is 1. The summed E-state index contributed by atoms with van der Waals surface area (Å²) in [6, 6.07) is 0. The van der Waals surface area contributed by atoms with Crippen LogP contribution < -0.4 is 0 Å². The van der Waals surface area contributed by atoms with Gasteiger partial charge in [0.2, 0.25) is 0 Å². The first-order valence-corrected chi connectivity index (χ1v) is 6.12. The van der Waals surface area contributed by atoms with Gasteiger partial charge < -0.3 is 18.9 Å². The van der Waals surface area contributed by atoms with Crippen LogP contribution in [0.3, 0.4) is 0 Å². The van der Waals surface area contributed by atoms with E-state index in [4.69, 9.17) is 18.9 Å². The molecule has 0 rings (SSSR count). The fourth-order valence-corrected chi connectivity index (χ4v) is 1.44. The van der Waals surface area contributed by atoms with Crippen LogP contribution in [0.5, 0.6) is 0 Å². The summed E-state index contributed by atoms with van der Waals surface area (Å²) in [7, 11) is 1.50. The summed E-state index contributed by atoms with van der Waals surface area (Å²) >= 11 is 0. The molecule has 5 heteroatoms. The summed E-state index contributed by atoms with van der Waals surface area (Å²) in [5, 5.41) is 0.